The fourth-order valence-corrected chi connectivity index (χ4v) is 10.1. The van der Waals surface area contributed by atoms with Crippen LogP contribution in [0.4, 0.5) is 0 Å². The molecule has 0 saturated carbocycles. The molecule has 84 heavy (non-hydrogen) atoms. The van der Waals surface area contributed by atoms with Crippen molar-refractivity contribution in [2.45, 2.75) is 296 Å². The molecule has 0 heterocycles. The first-order valence-electron chi connectivity index (χ1n) is 34.4. The number of unbranched alkanes of at least 4 members (excludes halogenated alkanes) is 27. The van der Waals surface area contributed by atoms with Gasteiger partial charge in [-0.3, -0.25) is 18.6 Å². The molecule has 2 N–H and O–H groups in total. The highest BCUT2D eigenvalue weighted by Crippen LogP contribution is 2.43. The van der Waals surface area contributed by atoms with Crippen molar-refractivity contribution in [1.29, 1.82) is 0 Å². The summed E-state index contributed by atoms with van der Waals surface area (Å²) in [5.74, 6) is -0.605. The van der Waals surface area contributed by atoms with E-state index < -0.39 is 20.0 Å². The molecular weight excluding hydrogens is 1060 g/mol. The molecule has 0 rings (SSSR count). The number of ether oxygens (including phenoxy) is 1. The number of allylic oxidation sites excluding steroid dienone is 19. The SMILES string of the molecule is CC/C=C\C/C=C\C/C=C\C/C=C\C/C=C\C/C=C\CCC(=O)NC(COP(=O)(O)OCC[N+](C)(C)C)C(/C=C\CCCCCCCCCCCC)OC(=O)CCCCCCCCCCCCCCCC/C=C\C/C=C\C/C=C\CCCCC. The molecule has 0 bridgehead atoms. The highest BCUT2D eigenvalue weighted by atomic mass is 31.2. The van der Waals surface area contributed by atoms with Gasteiger partial charge in [0, 0.05) is 12.8 Å². The van der Waals surface area contributed by atoms with Gasteiger partial charge in [-0.25, -0.2) is 4.57 Å². The van der Waals surface area contributed by atoms with Crippen LogP contribution in [0.25, 0.3) is 0 Å². The molecule has 0 aliphatic carbocycles. The molecule has 9 nitrogen and oxygen atoms in total. The molecular formula is C74H130N2O7P+. The summed E-state index contributed by atoms with van der Waals surface area (Å²) in [6.45, 7) is 6.82. The summed E-state index contributed by atoms with van der Waals surface area (Å²) in [5.41, 5.74) is 0. The quantitative estimate of drug-likeness (QED) is 0.0205. The summed E-state index contributed by atoms with van der Waals surface area (Å²) in [5, 5.41) is 3.01. The van der Waals surface area contributed by atoms with Crippen LogP contribution in [0.1, 0.15) is 284 Å². The van der Waals surface area contributed by atoms with Crippen LogP contribution in [0.2, 0.25) is 0 Å². The van der Waals surface area contributed by atoms with Gasteiger partial charge >= 0.3 is 13.8 Å². The van der Waals surface area contributed by atoms with Crippen molar-refractivity contribution < 1.29 is 37.3 Å². The summed E-state index contributed by atoms with van der Waals surface area (Å²) in [6, 6.07) is -0.897. The zero-order valence-electron chi connectivity index (χ0n) is 55.1. The lowest BCUT2D eigenvalue weighted by Gasteiger charge is -2.27. The van der Waals surface area contributed by atoms with Crippen LogP contribution in [0.15, 0.2) is 122 Å². The highest BCUT2D eigenvalue weighted by Gasteiger charge is 2.30. The monoisotopic (exact) mass is 1190 g/mol. The third-order valence-corrected chi connectivity index (χ3v) is 15.6. The van der Waals surface area contributed by atoms with Crippen LogP contribution < -0.4 is 5.32 Å². The standard InChI is InChI=1S/C74H129N2O7P/c1-7-10-13-16-19-22-25-28-30-32-34-35-36-37-38-39-40-41-43-45-47-49-52-55-58-61-64-67-74(78)83-72(65-62-59-56-53-50-27-24-21-18-15-12-9-3)71(70-82-84(79,80)81-69-68-76(4,5)6)75-73(77)66-63-60-57-54-51-48-46-44-42-33-31-29-26-23-20-17-14-11-8-2/h11,14,19-20,22-23,28-31,34-35,42,44,48,51,57,60,62,65,71-72H,7-10,12-13,15-18,21,24-27,32-33,36-41,43,45-47,49-50,52-56,58-59,61,63-64,66-70H2,1-6H3,(H-,75,77,79,80)/p+1/b14-11-,22-19-,23-20-,30-28-,31-29-,35-34-,44-42-,51-48-,60-57-,65-62-. The van der Waals surface area contributed by atoms with E-state index in [2.05, 4.69) is 129 Å². The van der Waals surface area contributed by atoms with E-state index in [4.69, 9.17) is 13.8 Å². The summed E-state index contributed by atoms with van der Waals surface area (Å²) < 4.78 is 30.7. The van der Waals surface area contributed by atoms with Gasteiger partial charge in [-0.2, -0.15) is 0 Å². The Balaban J connectivity index is 5.16. The molecule has 0 spiro atoms. The van der Waals surface area contributed by atoms with Crippen molar-refractivity contribution in [3.8, 4) is 0 Å². The normalized spacial score (nSPS) is 14.3. The molecule has 482 valence electrons. The molecule has 1 amide bonds. The number of phosphoric acid groups is 1. The van der Waals surface area contributed by atoms with E-state index in [1.165, 1.54) is 154 Å². The maximum atomic E-state index is 13.5. The molecule has 0 aromatic heterocycles. The summed E-state index contributed by atoms with van der Waals surface area (Å²) in [6.07, 6.45) is 88.0. The zero-order chi connectivity index (χ0) is 61.4. The van der Waals surface area contributed by atoms with Gasteiger partial charge in [-0.05, 0) is 109 Å². The Labute approximate surface area is 518 Å². The molecule has 3 unspecified atom stereocenters. The molecule has 3 atom stereocenters. The minimum absolute atomic E-state index is 0.0214. The van der Waals surface area contributed by atoms with Gasteiger partial charge in [-0.15, -0.1) is 0 Å². The first-order valence-corrected chi connectivity index (χ1v) is 35.9. The second-order valence-corrected chi connectivity index (χ2v) is 25.4. The van der Waals surface area contributed by atoms with Crippen molar-refractivity contribution >= 4 is 19.7 Å². The number of hydrogen-bond acceptors (Lipinski definition) is 6. The Morgan fingerprint density at radius 1 is 0.429 bits per heavy atom. The van der Waals surface area contributed by atoms with E-state index in [1.807, 2.05) is 39.4 Å². The Kier molecular flexibility index (Phi) is 59.8. The third kappa shape index (κ3) is 62.9. The second-order valence-electron chi connectivity index (χ2n) is 24.0. The third-order valence-electron chi connectivity index (χ3n) is 14.6. The molecule has 0 fully saturated rings. The maximum absolute atomic E-state index is 13.5. The lowest BCUT2D eigenvalue weighted by Crippen LogP contribution is -2.47. The minimum atomic E-state index is -4.48. The van der Waals surface area contributed by atoms with Gasteiger partial charge in [0.05, 0.1) is 33.8 Å². The van der Waals surface area contributed by atoms with Gasteiger partial charge < -0.3 is 19.4 Å². The second kappa shape index (κ2) is 62.5. The number of nitrogens with zero attached hydrogens (tertiary/aromatic N) is 1. The number of likely N-dealkylation sites (N-methyl/N-ethyl adjacent to an activating group) is 1. The van der Waals surface area contributed by atoms with E-state index in [-0.39, 0.29) is 37.9 Å². The first kappa shape index (κ1) is 80.4. The number of hydrogen-bond donors (Lipinski definition) is 2. The summed E-state index contributed by atoms with van der Waals surface area (Å²) in [7, 11) is 1.44. The molecule has 0 aliphatic rings. The fraction of sp³-hybridized carbons (Fsp3) is 0.703. The fourth-order valence-electron chi connectivity index (χ4n) is 9.38. The molecule has 0 aromatic rings. The lowest BCUT2D eigenvalue weighted by atomic mass is 10.0. The first-order chi connectivity index (χ1) is 40.9. The van der Waals surface area contributed by atoms with Crippen LogP contribution in [-0.4, -0.2) is 74.3 Å². The smallest absolute Gasteiger partial charge is 0.456 e. The van der Waals surface area contributed by atoms with Crippen LogP contribution in [0.3, 0.4) is 0 Å². The number of carbonyl (C=O) groups is 2. The number of carbonyl (C=O) groups excluding carboxylic acids is 2. The van der Waals surface area contributed by atoms with E-state index >= 15 is 0 Å². The number of esters is 1. The largest absolute Gasteiger partial charge is 0.472 e. The van der Waals surface area contributed by atoms with E-state index in [0.717, 1.165) is 89.9 Å². The minimum Gasteiger partial charge on any atom is -0.456 e. The molecule has 10 heteroatoms. The Morgan fingerprint density at radius 3 is 1.19 bits per heavy atom. The number of amides is 1. The number of quaternary nitrogens is 1. The van der Waals surface area contributed by atoms with Crippen LogP contribution in [0, 0.1) is 0 Å². The average molecular weight is 1190 g/mol. The molecule has 0 aliphatic heterocycles. The predicted molar refractivity (Wildman–Crippen MR) is 364 cm³/mol. The molecule has 0 radical (unpaired) electrons. The van der Waals surface area contributed by atoms with Crippen molar-refractivity contribution in [3.05, 3.63) is 122 Å². The molecule has 0 saturated heterocycles. The van der Waals surface area contributed by atoms with E-state index in [9.17, 15) is 19.0 Å². The maximum Gasteiger partial charge on any atom is 0.472 e. The van der Waals surface area contributed by atoms with Crippen molar-refractivity contribution in [1.82, 2.24) is 5.32 Å². The van der Waals surface area contributed by atoms with Gasteiger partial charge in [0.25, 0.3) is 0 Å². The number of nitrogens with one attached hydrogen (secondary N) is 1. The summed E-state index contributed by atoms with van der Waals surface area (Å²) in [4.78, 5) is 37.8. The van der Waals surface area contributed by atoms with Gasteiger partial charge in [0.15, 0.2) is 0 Å². The Hall–Kier alpha value is -3.59. The van der Waals surface area contributed by atoms with E-state index in [1.54, 1.807) is 0 Å². The Bertz CT molecular complexity index is 1850. The number of phosphoric ester groups is 1. The van der Waals surface area contributed by atoms with Gasteiger partial charge in [-0.1, -0.05) is 284 Å². The van der Waals surface area contributed by atoms with Crippen molar-refractivity contribution in [3.63, 3.8) is 0 Å². The predicted octanol–water partition coefficient (Wildman–Crippen LogP) is 21.8. The van der Waals surface area contributed by atoms with Gasteiger partial charge in [0.2, 0.25) is 5.91 Å². The van der Waals surface area contributed by atoms with E-state index in [0.29, 0.717) is 17.4 Å². The van der Waals surface area contributed by atoms with Gasteiger partial charge in [0.1, 0.15) is 19.3 Å². The highest BCUT2D eigenvalue weighted by molar-refractivity contribution is 7.47. The zero-order valence-corrected chi connectivity index (χ0v) is 56.0. The van der Waals surface area contributed by atoms with Crippen LogP contribution >= 0.6 is 7.82 Å². The number of rotatable bonds is 61. The topological polar surface area (TPSA) is 111 Å². The van der Waals surface area contributed by atoms with Crippen molar-refractivity contribution in [2.75, 3.05) is 40.9 Å². The average Bonchev–Trinajstić information content (AvgIpc) is 3.64. The lowest BCUT2D eigenvalue weighted by molar-refractivity contribution is -0.870. The van der Waals surface area contributed by atoms with Crippen LogP contribution in [0.5, 0.6) is 0 Å². The van der Waals surface area contributed by atoms with Crippen LogP contribution in [-0.2, 0) is 27.9 Å². The summed E-state index contributed by atoms with van der Waals surface area (Å²) >= 11 is 0. The Morgan fingerprint density at radius 2 is 0.774 bits per heavy atom. The molecule has 0 aromatic carbocycles. The van der Waals surface area contributed by atoms with Crippen molar-refractivity contribution in [2.24, 2.45) is 0 Å².